The lowest BCUT2D eigenvalue weighted by Crippen LogP contribution is -2.53. The molecule has 156 valence electrons. The molecule has 1 aliphatic rings. The van der Waals surface area contributed by atoms with Crippen molar-refractivity contribution in [1.82, 2.24) is 4.90 Å². The minimum absolute atomic E-state index is 0.557. The van der Waals surface area contributed by atoms with E-state index in [1.807, 2.05) is 12.1 Å². The Morgan fingerprint density at radius 2 is 1.55 bits per heavy atom. The van der Waals surface area contributed by atoms with E-state index in [0.29, 0.717) is 11.4 Å². The van der Waals surface area contributed by atoms with Crippen LogP contribution in [0.1, 0.15) is 57.6 Å². The summed E-state index contributed by atoms with van der Waals surface area (Å²) < 4.78 is 5.74. The lowest BCUT2D eigenvalue weighted by atomic mass is 9.75. The third-order valence-corrected chi connectivity index (χ3v) is 6.41. The van der Waals surface area contributed by atoms with E-state index < -0.39 is 18.3 Å². The largest absolute Gasteiger partial charge is 0.491 e. The predicted molar refractivity (Wildman–Crippen MR) is 119 cm³/mol. The van der Waals surface area contributed by atoms with E-state index in [1.54, 1.807) is 27.7 Å². The molecule has 29 heavy (non-hydrogen) atoms. The second-order valence-corrected chi connectivity index (χ2v) is 9.24. The van der Waals surface area contributed by atoms with Crippen LogP contribution in [0.4, 0.5) is 0 Å². The molecule has 2 aromatic carbocycles. The highest BCUT2D eigenvalue weighted by atomic mass is 16.5. The van der Waals surface area contributed by atoms with Crippen LogP contribution in [0.25, 0.3) is 0 Å². The molecule has 0 radical (unpaired) electrons. The standard InChI is InChI=1S/C24H34BNO3/c1-23(2,27)24(3,4)29-25(28)22-12-10-20(11-13-22)21-14-16-26(17-15-21)18-19-8-6-5-7-9-19/h5-13,21,27-28H,14-18H2,1-4H3. The molecule has 1 heterocycles. The number of piperidine rings is 1. The molecule has 0 unspecified atom stereocenters. The molecule has 1 fully saturated rings. The maximum Gasteiger partial charge on any atom is 0.491 e. The average Bonchev–Trinajstić information content (AvgIpc) is 2.68. The number of aliphatic hydroxyl groups is 1. The van der Waals surface area contributed by atoms with Crippen molar-refractivity contribution in [3.05, 3.63) is 65.7 Å². The van der Waals surface area contributed by atoms with Crippen LogP contribution >= 0.6 is 0 Å². The van der Waals surface area contributed by atoms with Crippen molar-refractivity contribution >= 4 is 12.6 Å². The summed E-state index contributed by atoms with van der Waals surface area (Å²) in [5.41, 5.74) is 1.49. The van der Waals surface area contributed by atoms with Gasteiger partial charge in [0.1, 0.15) is 0 Å². The molecule has 0 spiro atoms. The highest BCUT2D eigenvalue weighted by Gasteiger charge is 2.39. The second-order valence-electron chi connectivity index (χ2n) is 9.24. The first-order valence-corrected chi connectivity index (χ1v) is 10.6. The highest BCUT2D eigenvalue weighted by Crippen LogP contribution is 2.29. The Kier molecular flexibility index (Phi) is 6.85. The molecule has 0 aromatic heterocycles. The van der Waals surface area contributed by atoms with E-state index in [4.69, 9.17) is 4.65 Å². The maximum absolute atomic E-state index is 10.5. The molecule has 0 saturated carbocycles. The van der Waals surface area contributed by atoms with Gasteiger partial charge in [-0.1, -0.05) is 54.6 Å². The Balaban J connectivity index is 1.54. The lowest BCUT2D eigenvalue weighted by molar-refractivity contribution is -0.0982. The van der Waals surface area contributed by atoms with E-state index in [0.717, 1.165) is 32.5 Å². The molecule has 3 rings (SSSR count). The van der Waals surface area contributed by atoms with E-state index in [1.165, 1.54) is 11.1 Å². The fourth-order valence-electron chi connectivity index (χ4n) is 3.69. The average molecular weight is 395 g/mol. The van der Waals surface area contributed by atoms with Gasteiger partial charge in [0.05, 0.1) is 11.2 Å². The van der Waals surface area contributed by atoms with Crippen molar-refractivity contribution in [3.8, 4) is 0 Å². The van der Waals surface area contributed by atoms with Crippen molar-refractivity contribution in [3.63, 3.8) is 0 Å². The Bertz CT molecular complexity index is 763. The molecule has 0 atom stereocenters. The first-order chi connectivity index (χ1) is 13.7. The molecule has 1 aliphatic heterocycles. The topological polar surface area (TPSA) is 52.9 Å². The maximum atomic E-state index is 10.5. The first-order valence-electron chi connectivity index (χ1n) is 10.6. The van der Waals surface area contributed by atoms with E-state index in [2.05, 4.69) is 47.4 Å². The Morgan fingerprint density at radius 1 is 0.966 bits per heavy atom. The number of benzene rings is 2. The Labute approximate surface area is 175 Å². The number of hydrogen-bond donors (Lipinski definition) is 2. The summed E-state index contributed by atoms with van der Waals surface area (Å²) in [6, 6.07) is 18.7. The molecule has 4 nitrogen and oxygen atoms in total. The van der Waals surface area contributed by atoms with Crippen LogP contribution in [0.3, 0.4) is 0 Å². The second kappa shape index (κ2) is 9.01. The fraction of sp³-hybridized carbons (Fsp3) is 0.500. The number of hydrogen-bond acceptors (Lipinski definition) is 4. The summed E-state index contributed by atoms with van der Waals surface area (Å²) in [5.74, 6) is 0.557. The van der Waals surface area contributed by atoms with Crippen molar-refractivity contribution in [2.24, 2.45) is 0 Å². The number of nitrogens with zero attached hydrogens (tertiary/aromatic N) is 1. The van der Waals surface area contributed by atoms with Crippen molar-refractivity contribution < 1.29 is 14.8 Å². The monoisotopic (exact) mass is 395 g/mol. The first kappa shape index (κ1) is 22.0. The van der Waals surface area contributed by atoms with Gasteiger partial charge in [0.15, 0.2) is 0 Å². The van der Waals surface area contributed by atoms with Crippen molar-refractivity contribution in [1.29, 1.82) is 0 Å². The predicted octanol–water partition coefficient (Wildman–Crippen LogP) is 3.32. The molecular formula is C24H34BNO3. The molecule has 1 saturated heterocycles. The van der Waals surface area contributed by atoms with Crippen LogP contribution in [-0.4, -0.2) is 46.4 Å². The molecule has 0 bridgehead atoms. The zero-order valence-corrected chi connectivity index (χ0v) is 18.1. The molecule has 0 aliphatic carbocycles. The summed E-state index contributed by atoms with van der Waals surface area (Å²) in [6.45, 7) is 10.2. The Morgan fingerprint density at radius 3 is 2.10 bits per heavy atom. The lowest BCUT2D eigenvalue weighted by Gasteiger charge is -2.38. The van der Waals surface area contributed by atoms with Gasteiger partial charge < -0.3 is 14.8 Å². The highest BCUT2D eigenvalue weighted by molar-refractivity contribution is 6.60. The normalized spacial score (nSPS) is 16.8. The van der Waals surface area contributed by atoms with Gasteiger partial charge in [-0.15, -0.1) is 0 Å². The number of rotatable bonds is 7. The van der Waals surface area contributed by atoms with E-state index >= 15 is 0 Å². The molecule has 2 aromatic rings. The smallest absolute Gasteiger partial charge is 0.423 e. The van der Waals surface area contributed by atoms with Gasteiger partial charge in [0.2, 0.25) is 0 Å². The van der Waals surface area contributed by atoms with Gasteiger partial charge in [-0.25, -0.2) is 0 Å². The summed E-state index contributed by atoms with van der Waals surface area (Å²) in [4.78, 5) is 2.52. The zero-order chi connectivity index (χ0) is 21.1. The van der Waals surface area contributed by atoms with Crippen LogP contribution in [0, 0.1) is 0 Å². The fourth-order valence-corrected chi connectivity index (χ4v) is 3.69. The van der Waals surface area contributed by atoms with Crippen LogP contribution in [0.2, 0.25) is 0 Å². The van der Waals surface area contributed by atoms with Crippen LogP contribution < -0.4 is 5.46 Å². The minimum atomic E-state index is -1.06. The van der Waals surface area contributed by atoms with Gasteiger partial charge in [-0.2, -0.15) is 0 Å². The van der Waals surface area contributed by atoms with E-state index in [9.17, 15) is 10.1 Å². The SMILES string of the molecule is CC(C)(O)C(C)(C)OB(O)c1ccc(C2CCN(Cc3ccccc3)CC2)cc1. The molecular weight excluding hydrogens is 361 g/mol. The molecule has 2 N–H and O–H groups in total. The van der Waals surface area contributed by atoms with Gasteiger partial charge in [0.25, 0.3) is 0 Å². The third-order valence-electron chi connectivity index (χ3n) is 6.41. The van der Waals surface area contributed by atoms with Crippen LogP contribution in [0.15, 0.2) is 54.6 Å². The quantitative estimate of drug-likeness (QED) is 0.707. The van der Waals surface area contributed by atoms with Gasteiger partial charge in [-0.05, 0) is 76.1 Å². The Hall–Kier alpha value is -1.66. The summed E-state index contributed by atoms with van der Waals surface area (Å²) in [6.07, 6.45) is 2.30. The van der Waals surface area contributed by atoms with Crippen molar-refractivity contribution in [2.45, 2.75) is 64.2 Å². The minimum Gasteiger partial charge on any atom is -0.423 e. The third kappa shape index (κ3) is 5.70. The van der Waals surface area contributed by atoms with Crippen LogP contribution in [0.5, 0.6) is 0 Å². The van der Waals surface area contributed by atoms with E-state index in [-0.39, 0.29) is 0 Å². The summed E-state index contributed by atoms with van der Waals surface area (Å²) >= 11 is 0. The summed E-state index contributed by atoms with van der Waals surface area (Å²) in [7, 11) is -1.06. The van der Waals surface area contributed by atoms with Gasteiger partial charge in [0, 0.05) is 6.54 Å². The number of likely N-dealkylation sites (tertiary alicyclic amines) is 1. The van der Waals surface area contributed by atoms with Gasteiger partial charge in [-0.3, -0.25) is 4.90 Å². The zero-order valence-electron chi connectivity index (χ0n) is 18.1. The molecule has 5 heteroatoms. The van der Waals surface area contributed by atoms with Gasteiger partial charge >= 0.3 is 7.12 Å². The van der Waals surface area contributed by atoms with Crippen molar-refractivity contribution in [2.75, 3.05) is 13.1 Å². The summed E-state index contributed by atoms with van der Waals surface area (Å²) in [5, 5.41) is 20.7. The molecule has 0 amide bonds. The van der Waals surface area contributed by atoms with Crippen LogP contribution in [-0.2, 0) is 11.2 Å².